The standard InChI is InChI=1S/C29H40N4O3/c34-26(32-8-6-24(7-9-32)27(35)30-25-4-2-1-3-5-25)20-31-10-12-33(13-11-31)28(36)29-17-21-14-22(18-29)16-23(15-21)19-29/h1-5,21-24H,6-20H2,(H,30,35). The topological polar surface area (TPSA) is 73.0 Å². The summed E-state index contributed by atoms with van der Waals surface area (Å²) in [4.78, 5) is 45.4. The van der Waals surface area contributed by atoms with Gasteiger partial charge in [-0.05, 0) is 81.3 Å². The number of likely N-dealkylation sites (tertiary alicyclic amines) is 1. The minimum Gasteiger partial charge on any atom is -0.342 e. The van der Waals surface area contributed by atoms with Crippen LogP contribution in [0.5, 0.6) is 0 Å². The van der Waals surface area contributed by atoms with Crippen LogP contribution in [-0.2, 0) is 14.4 Å². The second-order valence-corrected chi connectivity index (χ2v) is 12.3. The first-order chi connectivity index (χ1) is 17.5. The van der Waals surface area contributed by atoms with Gasteiger partial charge in [0.15, 0.2) is 0 Å². The van der Waals surface area contributed by atoms with E-state index in [9.17, 15) is 14.4 Å². The van der Waals surface area contributed by atoms with Gasteiger partial charge in [-0.15, -0.1) is 0 Å². The maximum absolute atomic E-state index is 13.6. The molecule has 0 radical (unpaired) electrons. The molecule has 6 aliphatic rings. The van der Waals surface area contributed by atoms with Crippen molar-refractivity contribution in [2.24, 2.45) is 29.1 Å². The number of rotatable bonds is 5. The molecule has 2 heterocycles. The van der Waals surface area contributed by atoms with E-state index in [0.29, 0.717) is 38.4 Å². The van der Waals surface area contributed by atoms with E-state index in [1.807, 2.05) is 35.2 Å². The lowest BCUT2D eigenvalue weighted by atomic mass is 9.49. The van der Waals surface area contributed by atoms with Gasteiger partial charge in [-0.2, -0.15) is 0 Å². The molecule has 7 heteroatoms. The molecule has 2 aliphatic heterocycles. The minimum absolute atomic E-state index is 0.0478. The summed E-state index contributed by atoms with van der Waals surface area (Å²) >= 11 is 0. The van der Waals surface area contributed by atoms with Gasteiger partial charge in [-0.25, -0.2) is 0 Å². The summed E-state index contributed by atoms with van der Waals surface area (Å²) in [6, 6.07) is 9.55. The second-order valence-electron chi connectivity index (χ2n) is 12.3. The number of piperidine rings is 1. The van der Waals surface area contributed by atoms with Gasteiger partial charge >= 0.3 is 0 Å². The molecular formula is C29H40N4O3. The van der Waals surface area contributed by atoms with E-state index in [2.05, 4.69) is 15.1 Å². The molecule has 3 amide bonds. The van der Waals surface area contributed by atoms with Crippen LogP contribution in [0.1, 0.15) is 51.4 Å². The van der Waals surface area contributed by atoms with Gasteiger partial charge in [-0.3, -0.25) is 19.3 Å². The van der Waals surface area contributed by atoms with Crippen LogP contribution in [0.2, 0.25) is 0 Å². The summed E-state index contributed by atoms with van der Waals surface area (Å²) in [6.07, 6.45) is 8.85. The van der Waals surface area contributed by atoms with Crippen molar-refractivity contribution in [1.29, 1.82) is 0 Å². The van der Waals surface area contributed by atoms with E-state index >= 15 is 0 Å². The molecule has 0 spiro atoms. The third-order valence-corrected chi connectivity index (χ3v) is 9.77. The molecular weight excluding hydrogens is 452 g/mol. The summed E-state index contributed by atoms with van der Waals surface area (Å²) in [5, 5.41) is 2.99. The number of nitrogens with zero attached hydrogens (tertiary/aromatic N) is 3. The molecule has 0 atom stereocenters. The van der Waals surface area contributed by atoms with Crippen LogP contribution >= 0.6 is 0 Å². The number of amides is 3. The van der Waals surface area contributed by atoms with Crippen LogP contribution in [0.3, 0.4) is 0 Å². The first-order valence-corrected chi connectivity index (χ1v) is 14.1. The summed E-state index contributed by atoms with van der Waals surface area (Å²) in [5.41, 5.74) is 0.756. The first-order valence-electron chi connectivity index (χ1n) is 14.1. The van der Waals surface area contributed by atoms with Crippen LogP contribution < -0.4 is 5.32 Å². The predicted molar refractivity (Wildman–Crippen MR) is 138 cm³/mol. The Hall–Kier alpha value is -2.41. The molecule has 2 saturated heterocycles. The van der Waals surface area contributed by atoms with E-state index in [4.69, 9.17) is 0 Å². The maximum Gasteiger partial charge on any atom is 0.236 e. The highest BCUT2D eigenvalue weighted by Gasteiger charge is 2.55. The summed E-state index contributed by atoms with van der Waals surface area (Å²) in [5.74, 6) is 2.93. The van der Waals surface area contributed by atoms with Crippen molar-refractivity contribution in [3.05, 3.63) is 30.3 Å². The Bertz CT molecular complexity index is 944. The third kappa shape index (κ3) is 4.79. The third-order valence-electron chi connectivity index (χ3n) is 9.77. The fourth-order valence-corrected chi connectivity index (χ4v) is 8.27. The molecule has 4 bridgehead atoms. The molecule has 7 rings (SSSR count). The quantitative estimate of drug-likeness (QED) is 0.685. The molecule has 1 aromatic carbocycles. The Balaban J connectivity index is 0.945. The predicted octanol–water partition coefficient (Wildman–Crippen LogP) is 3.22. The van der Waals surface area contributed by atoms with Crippen LogP contribution in [0, 0.1) is 29.1 Å². The van der Waals surface area contributed by atoms with E-state index in [-0.39, 0.29) is 23.1 Å². The van der Waals surface area contributed by atoms with Crippen molar-refractivity contribution in [3.8, 4) is 0 Å². The zero-order valence-corrected chi connectivity index (χ0v) is 21.4. The monoisotopic (exact) mass is 492 g/mol. The van der Waals surface area contributed by atoms with E-state index in [1.165, 1.54) is 19.3 Å². The van der Waals surface area contributed by atoms with Gasteiger partial charge in [0.2, 0.25) is 17.7 Å². The number of hydrogen-bond acceptors (Lipinski definition) is 4. The number of anilines is 1. The molecule has 1 N–H and O–H groups in total. The van der Waals surface area contributed by atoms with Crippen molar-refractivity contribution >= 4 is 23.4 Å². The highest BCUT2D eigenvalue weighted by atomic mass is 16.2. The molecule has 1 aromatic rings. The number of carbonyl (C=O) groups is 3. The zero-order chi connectivity index (χ0) is 24.7. The molecule has 194 valence electrons. The van der Waals surface area contributed by atoms with Gasteiger partial charge < -0.3 is 15.1 Å². The largest absolute Gasteiger partial charge is 0.342 e. The number of para-hydroxylation sites is 1. The van der Waals surface area contributed by atoms with Gasteiger partial charge in [0.1, 0.15) is 0 Å². The lowest BCUT2D eigenvalue weighted by Crippen LogP contribution is -2.58. The molecule has 36 heavy (non-hydrogen) atoms. The van der Waals surface area contributed by atoms with Gasteiger partial charge in [0.05, 0.1) is 12.0 Å². The van der Waals surface area contributed by atoms with Crippen molar-refractivity contribution < 1.29 is 14.4 Å². The van der Waals surface area contributed by atoms with Gasteiger partial charge in [0, 0.05) is 50.9 Å². The Kier molecular flexibility index (Phi) is 6.53. The minimum atomic E-state index is -0.0656. The summed E-state index contributed by atoms with van der Waals surface area (Å²) < 4.78 is 0. The van der Waals surface area contributed by atoms with Crippen LogP contribution in [0.25, 0.3) is 0 Å². The second kappa shape index (κ2) is 9.81. The average Bonchev–Trinajstić information content (AvgIpc) is 2.88. The van der Waals surface area contributed by atoms with Crippen molar-refractivity contribution in [1.82, 2.24) is 14.7 Å². The fraction of sp³-hybridized carbons (Fsp3) is 0.690. The van der Waals surface area contributed by atoms with E-state index in [1.54, 1.807) is 0 Å². The van der Waals surface area contributed by atoms with Crippen LogP contribution in [-0.4, -0.2) is 78.2 Å². The Morgan fingerprint density at radius 2 is 1.36 bits per heavy atom. The van der Waals surface area contributed by atoms with Crippen molar-refractivity contribution in [2.45, 2.75) is 51.4 Å². The van der Waals surface area contributed by atoms with Gasteiger partial charge in [0.25, 0.3) is 0 Å². The van der Waals surface area contributed by atoms with Crippen LogP contribution in [0.4, 0.5) is 5.69 Å². The lowest BCUT2D eigenvalue weighted by molar-refractivity contribution is -0.159. The lowest BCUT2D eigenvalue weighted by Gasteiger charge is -2.57. The number of piperazine rings is 1. The Labute approximate surface area is 214 Å². The molecule has 7 nitrogen and oxygen atoms in total. The zero-order valence-electron chi connectivity index (χ0n) is 21.4. The number of nitrogens with one attached hydrogen (secondary N) is 1. The molecule has 0 aromatic heterocycles. The number of hydrogen-bond donors (Lipinski definition) is 1. The molecule has 6 fully saturated rings. The summed E-state index contributed by atoms with van der Waals surface area (Å²) in [7, 11) is 0. The fourth-order valence-electron chi connectivity index (χ4n) is 8.27. The molecule has 0 unspecified atom stereocenters. The van der Waals surface area contributed by atoms with E-state index in [0.717, 1.165) is 68.9 Å². The number of benzene rings is 1. The number of carbonyl (C=O) groups excluding carboxylic acids is 3. The smallest absolute Gasteiger partial charge is 0.236 e. The van der Waals surface area contributed by atoms with Gasteiger partial charge in [-0.1, -0.05) is 18.2 Å². The SMILES string of the molecule is O=C(Nc1ccccc1)C1CCN(C(=O)CN2CCN(C(=O)C34CC5CC(CC(C5)C3)C4)CC2)CC1. The molecule has 4 aliphatic carbocycles. The highest BCUT2D eigenvalue weighted by Crippen LogP contribution is 2.60. The first kappa shape index (κ1) is 24.0. The Morgan fingerprint density at radius 1 is 0.778 bits per heavy atom. The normalized spacial score (nSPS) is 32.5. The van der Waals surface area contributed by atoms with E-state index < -0.39 is 0 Å². The molecule has 4 saturated carbocycles. The maximum atomic E-state index is 13.6. The summed E-state index contributed by atoms with van der Waals surface area (Å²) in [6.45, 7) is 4.73. The van der Waals surface area contributed by atoms with Crippen LogP contribution in [0.15, 0.2) is 30.3 Å². The Morgan fingerprint density at radius 3 is 1.94 bits per heavy atom. The van der Waals surface area contributed by atoms with Crippen molar-refractivity contribution in [3.63, 3.8) is 0 Å². The average molecular weight is 493 g/mol. The van der Waals surface area contributed by atoms with Crippen molar-refractivity contribution in [2.75, 3.05) is 51.1 Å². The highest BCUT2D eigenvalue weighted by molar-refractivity contribution is 5.92.